The van der Waals surface area contributed by atoms with Crippen molar-refractivity contribution in [2.75, 3.05) is 13.7 Å². The molecule has 0 radical (unpaired) electrons. The van der Waals surface area contributed by atoms with Crippen LogP contribution in [-0.4, -0.2) is 19.5 Å². The summed E-state index contributed by atoms with van der Waals surface area (Å²) in [6.45, 7) is 0.482. The molecule has 1 aromatic carbocycles. The number of rotatable bonds is 7. The van der Waals surface area contributed by atoms with Crippen LogP contribution < -0.4 is 9.47 Å². The first-order valence-corrected chi connectivity index (χ1v) is 7.91. The summed E-state index contributed by atoms with van der Waals surface area (Å²) in [6.07, 6.45) is 1.18. The lowest BCUT2D eigenvalue weighted by Gasteiger charge is -2.11. The highest BCUT2D eigenvalue weighted by Gasteiger charge is 2.10. The maximum atomic E-state index is 11.8. The zero-order valence-electron chi connectivity index (χ0n) is 11.1. The van der Waals surface area contributed by atoms with Crippen LogP contribution in [0.4, 0.5) is 0 Å². The van der Waals surface area contributed by atoms with Gasteiger partial charge in [-0.25, -0.2) is 0 Å². The molecular weight excluding hydrogens is 340 g/mol. The molecule has 106 valence electrons. The van der Waals surface area contributed by atoms with E-state index in [-0.39, 0.29) is 5.78 Å². The minimum absolute atomic E-state index is 0.169. The van der Waals surface area contributed by atoms with Gasteiger partial charge in [-0.05, 0) is 45.9 Å². The summed E-state index contributed by atoms with van der Waals surface area (Å²) in [6, 6.07) is 9.37. The Labute approximate surface area is 130 Å². The lowest BCUT2D eigenvalue weighted by molar-refractivity contribution is 0.0977. The van der Waals surface area contributed by atoms with Gasteiger partial charge in [0.05, 0.1) is 23.1 Å². The van der Waals surface area contributed by atoms with Crippen molar-refractivity contribution in [1.29, 1.82) is 0 Å². The highest BCUT2D eigenvalue weighted by molar-refractivity contribution is 9.10. The third-order valence-corrected chi connectivity index (χ3v) is 4.28. The number of hydrogen-bond acceptors (Lipinski definition) is 4. The number of carbonyl (C=O) groups is 1. The maximum absolute atomic E-state index is 11.8. The number of thiophene rings is 1. The Bertz CT molecular complexity index is 567. The predicted molar refractivity (Wildman–Crippen MR) is 84.1 cm³/mol. The summed E-state index contributed by atoms with van der Waals surface area (Å²) in [5.41, 5.74) is 0. The minimum atomic E-state index is 0.169. The molecule has 0 bridgehead atoms. The summed E-state index contributed by atoms with van der Waals surface area (Å²) in [7, 11) is 1.61. The first kappa shape index (κ1) is 15.1. The highest BCUT2D eigenvalue weighted by atomic mass is 79.9. The van der Waals surface area contributed by atoms with Crippen LogP contribution in [0.25, 0.3) is 0 Å². The number of benzene rings is 1. The van der Waals surface area contributed by atoms with E-state index in [9.17, 15) is 4.79 Å². The summed E-state index contributed by atoms with van der Waals surface area (Å²) in [5.74, 6) is 1.53. The van der Waals surface area contributed by atoms with Gasteiger partial charge in [0.2, 0.25) is 0 Å². The van der Waals surface area contributed by atoms with Crippen molar-refractivity contribution in [3.63, 3.8) is 0 Å². The molecule has 0 aliphatic heterocycles. The van der Waals surface area contributed by atoms with Gasteiger partial charge in [-0.15, -0.1) is 11.3 Å². The summed E-state index contributed by atoms with van der Waals surface area (Å²) in [4.78, 5) is 12.6. The molecule has 0 spiro atoms. The van der Waals surface area contributed by atoms with Crippen LogP contribution in [0.2, 0.25) is 0 Å². The van der Waals surface area contributed by atoms with Crippen molar-refractivity contribution in [2.24, 2.45) is 0 Å². The molecule has 0 aliphatic rings. The van der Waals surface area contributed by atoms with E-state index in [0.29, 0.717) is 30.9 Å². The van der Waals surface area contributed by atoms with Crippen LogP contribution in [0, 0.1) is 0 Å². The minimum Gasteiger partial charge on any atom is -0.493 e. The van der Waals surface area contributed by atoms with Crippen molar-refractivity contribution < 1.29 is 14.3 Å². The third-order valence-electron chi connectivity index (χ3n) is 2.74. The number of para-hydroxylation sites is 1. The van der Waals surface area contributed by atoms with Gasteiger partial charge in [0.1, 0.15) is 0 Å². The third kappa shape index (κ3) is 3.84. The highest BCUT2D eigenvalue weighted by Crippen LogP contribution is 2.34. The van der Waals surface area contributed by atoms with Crippen LogP contribution in [0.5, 0.6) is 11.5 Å². The first-order valence-electron chi connectivity index (χ1n) is 6.24. The van der Waals surface area contributed by atoms with E-state index in [1.165, 1.54) is 11.3 Å². The Morgan fingerprint density at radius 3 is 2.85 bits per heavy atom. The van der Waals surface area contributed by atoms with Gasteiger partial charge in [0, 0.05) is 6.42 Å². The number of ether oxygens (including phenoxy) is 2. The van der Waals surface area contributed by atoms with Crippen molar-refractivity contribution in [2.45, 2.75) is 12.8 Å². The van der Waals surface area contributed by atoms with Gasteiger partial charge < -0.3 is 9.47 Å². The average molecular weight is 355 g/mol. The molecule has 0 N–H and O–H groups in total. The Balaban J connectivity index is 1.83. The molecule has 3 nitrogen and oxygen atoms in total. The van der Waals surface area contributed by atoms with Crippen LogP contribution in [0.1, 0.15) is 22.5 Å². The van der Waals surface area contributed by atoms with Crippen LogP contribution in [0.15, 0.2) is 40.2 Å². The molecule has 0 saturated heterocycles. The molecule has 1 aromatic heterocycles. The fourth-order valence-electron chi connectivity index (χ4n) is 1.76. The summed E-state index contributed by atoms with van der Waals surface area (Å²) >= 11 is 4.91. The number of hydrogen-bond donors (Lipinski definition) is 0. The fraction of sp³-hybridized carbons (Fsp3) is 0.267. The number of ketones is 1. The largest absolute Gasteiger partial charge is 0.493 e. The van der Waals surface area contributed by atoms with Gasteiger partial charge >= 0.3 is 0 Å². The molecule has 1 heterocycles. The lowest BCUT2D eigenvalue weighted by atomic mass is 10.2. The number of halogens is 1. The molecule has 0 amide bonds. The van der Waals surface area contributed by atoms with E-state index < -0.39 is 0 Å². The standard InChI is InChI=1S/C15H15BrO3S/c1-18-13-7-2-5-11(16)15(13)19-9-3-6-12(17)14-8-4-10-20-14/h2,4-5,7-8,10H,3,6,9H2,1H3. The molecule has 2 rings (SSSR count). The van der Waals surface area contributed by atoms with Gasteiger partial charge in [0.15, 0.2) is 17.3 Å². The summed E-state index contributed by atoms with van der Waals surface area (Å²) < 4.78 is 11.8. The first-order chi connectivity index (χ1) is 9.72. The van der Waals surface area contributed by atoms with Gasteiger partial charge in [-0.1, -0.05) is 12.1 Å². The predicted octanol–water partition coefficient (Wildman–Crippen LogP) is 4.56. The maximum Gasteiger partial charge on any atom is 0.175 e. The Morgan fingerprint density at radius 2 is 2.15 bits per heavy atom. The molecule has 0 atom stereocenters. The quantitative estimate of drug-likeness (QED) is 0.540. The van der Waals surface area contributed by atoms with Crippen LogP contribution in [-0.2, 0) is 0 Å². The zero-order chi connectivity index (χ0) is 14.4. The SMILES string of the molecule is COc1cccc(Br)c1OCCCC(=O)c1cccs1. The molecule has 0 fully saturated rings. The normalized spacial score (nSPS) is 10.3. The monoisotopic (exact) mass is 354 g/mol. The van der Waals surface area contributed by atoms with E-state index in [1.807, 2.05) is 35.7 Å². The second kappa shape index (κ2) is 7.45. The Morgan fingerprint density at radius 1 is 1.30 bits per heavy atom. The van der Waals surface area contributed by atoms with E-state index >= 15 is 0 Å². The van der Waals surface area contributed by atoms with E-state index in [1.54, 1.807) is 7.11 Å². The second-order valence-corrected chi connectivity index (χ2v) is 5.93. The molecule has 5 heteroatoms. The second-order valence-electron chi connectivity index (χ2n) is 4.12. The molecular formula is C15H15BrO3S. The van der Waals surface area contributed by atoms with E-state index in [2.05, 4.69) is 15.9 Å². The molecule has 0 unspecified atom stereocenters. The smallest absolute Gasteiger partial charge is 0.175 e. The van der Waals surface area contributed by atoms with Gasteiger partial charge in [0.25, 0.3) is 0 Å². The Hall–Kier alpha value is -1.33. The average Bonchev–Trinajstić information content (AvgIpc) is 2.98. The Kier molecular flexibility index (Phi) is 5.61. The fourth-order valence-corrected chi connectivity index (χ4v) is 2.91. The number of Topliss-reactive ketones (excluding diaryl/α,β-unsaturated/α-hetero) is 1. The topological polar surface area (TPSA) is 35.5 Å². The number of methoxy groups -OCH3 is 1. The van der Waals surface area contributed by atoms with Crippen molar-refractivity contribution in [3.8, 4) is 11.5 Å². The summed E-state index contributed by atoms with van der Waals surface area (Å²) in [5, 5.41) is 1.91. The zero-order valence-corrected chi connectivity index (χ0v) is 13.5. The van der Waals surface area contributed by atoms with E-state index in [4.69, 9.17) is 9.47 Å². The van der Waals surface area contributed by atoms with Crippen molar-refractivity contribution in [1.82, 2.24) is 0 Å². The number of carbonyl (C=O) groups excluding carboxylic acids is 1. The van der Waals surface area contributed by atoms with Gasteiger partial charge in [-0.2, -0.15) is 0 Å². The van der Waals surface area contributed by atoms with Gasteiger partial charge in [-0.3, -0.25) is 4.79 Å². The molecule has 2 aromatic rings. The molecule has 0 aliphatic carbocycles. The van der Waals surface area contributed by atoms with Crippen LogP contribution >= 0.6 is 27.3 Å². The van der Waals surface area contributed by atoms with Crippen LogP contribution in [0.3, 0.4) is 0 Å². The van der Waals surface area contributed by atoms with Crippen molar-refractivity contribution in [3.05, 3.63) is 45.1 Å². The van der Waals surface area contributed by atoms with Crippen molar-refractivity contribution >= 4 is 33.0 Å². The molecule has 0 saturated carbocycles. The van der Waals surface area contributed by atoms with E-state index in [0.717, 1.165) is 9.35 Å². The molecule has 20 heavy (non-hydrogen) atoms. The lowest BCUT2D eigenvalue weighted by Crippen LogP contribution is -2.03.